The summed E-state index contributed by atoms with van der Waals surface area (Å²) in [5, 5.41) is 2.95. The number of urea groups is 1. The predicted molar refractivity (Wildman–Crippen MR) is 96.7 cm³/mol. The minimum atomic E-state index is -0.0741. The Morgan fingerprint density at radius 1 is 1.12 bits per heavy atom. The number of nitrogens with zero attached hydrogens (tertiary/aromatic N) is 4. The van der Waals surface area contributed by atoms with Crippen LogP contribution in [-0.2, 0) is 11.3 Å². The maximum Gasteiger partial charge on any atom is 0.321 e. The molecule has 0 spiro atoms. The molecule has 0 atom stereocenters. The number of aromatic nitrogens is 2. The molecule has 1 fully saturated rings. The summed E-state index contributed by atoms with van der Waals surface area (Å²) in [6.45, 7) is 5.33. The van der Waals surface area contributed by atoms with Crippen molar-refractivity contribution in [2.45, 2.75) is 13.5 Å². The molecule has 0 radical (unpaired) electrons. The molecule has 7 heteroatoms. The van der Waals surface area contributed by atoms with Gasteiger partial charge in [-0.2, -0.15) is 0 Å². The molecule has 25 heavy (non-hydrogen) atoms. The first-order valence-corrected chi connectivity index (χ1v) is 8.34. The molecule has 0 aliphatic carbocycles. The van der Waals surface area contributed by atoms with Gasteiger partial charge in [-0.05, 0) is 24.6 Å². The second-order valence-corrected chi connectivity index (χ2v) is 6.00. The number of amides is 2. The number of hydrogen-bond donors (Lipinski definition) is 1. The van der Waals surface area contributed by atoms with Crippen molar-refractivity contribution >= 4 is 17.5 Å². The molecule has 2 amide bonds. The maximum absolute atomic E-state index is 12.4. The van der Waals surface area contributed by atoms with E-state index in [0.717, 1.165) is 35.9 Å². The summed E-state index contributed by atoms with van der Waals surface area (Å²) in [5.74, 6) is 0.899. The molecule has 0 bridgehead atoms. The quantitative estimate of drug-likeness (QED) is 0.924. The Kier molecular flexibility index (Phi) is 5.45. The number of hydrogen-bond acceptors (Lipinski definition) is 5. The lowest BCUT2D eigenvalue weighted by Gasteiger charge is -2.35. The highest BCUT2D eigenvalue weighted by Gasteiger charge is 2.23. The first kappa shape index (κ1) is 17.2. The van der Waals surface area contributed by atoms with Crippen molar-refractivity contribution in [3.8, 4) is 0 Å². The Bertz CT molecular complexity index is 712. The van der Waals surface area contributed by atoms with Gasteiger partial charge in [0.1, 0.15) is 5.82 Å². The number of methoxy groups -OCH3 is 1. The molecule has 2 aromatic rings. The third-order valence-electron chi connectivity index (χ3n) is 4.24. The number of anilines is 2. The highest BCUT2D eigenvalue weighted by Crippen LogP contribution is 2.17. The Morgan fingerprint density at radius 2 is 1.80 bits per heavy atom. The first-order chi connectivity index (χ1) is 12.2. The van der Waals surface area contributed by atoms with Crippen LogP contribution >= 0.6 is 0 Å². The second-order valence-electron chi connectivity index (χ2n) is 6.00. The van der Waals surface area contributed by atoms with Crippen LogP contribution in [0, 0.1) is 6.92 Å². The Balaban J connectivity index is 1.54. The number of benzene rings is 1. The standard InChI is InChI=1S/C18H23N5O2/c1-14-17(20-8-7-19-14)22-9-11-23(12-10-22)18(24)21-16-5-3-15(4-6-16)13-25-2/h3-8H,9-13H2,1-2H3,(H,21,24). The molecule has 3 rings (SSSR count). The van der Waals surface area contributed by atoms with Gasteiger partial charge in [0.2, 0.25) is 0 Å². The minimum Gasteiger partial charge on any atom is -0.380 e. The molecule has 1 N–H and O–H groups in total. The predicted octanol–water partition coefficient (Wildman–Crippen LogP) is 2.29. The molecule has 7 nitrogen and oxygen atoms in total. The van der Waals surface area contributed by atoms with Gasteiger partial charge in [0.05, 0.1) is 12.3 Å². The van der Waals surface area contributed by atoms with Crippen LogP contribution in [0.1, 0.15) is 11.3 Å². The van der Waals surface area contributed by atoms with Crippen LogP contribution in [0.15, 0.2) is 36.7 Å². The van der Waals surface area contributed by atoms with Crippen LogP contribution < -0.4 is 10.2 Å². The van der Waals surface area contributed by atoms with Crippen molar-refractivity contribution in [3.05, 3.63) is 47.9 Å². The van der Waals surface area contributed by atoms with Crippen LogP contribution in [0.4, 0.5) is 16.3 Å². The number of piperazine rings is 1. The van der Waals surface area contributed by atoms with Crippen LogP contribution in [0.2, 0.25) is 0 Å². The van der Waals surface area contributed by atoms with Crippen LogP contribution in [0.25, 0.3) is 0 Å². The smallest absolute Gasteiger partial charge is 0.321 e. The molecule has 1 aliphatic heterocycles. The molecule has 1 aromatic carbocycles. The second kappa shape index (κ2) is 7.94. The van der Waals surface area contributed by atoms with Crippen LogP contribution in [-0.4, -0.2) is 54.2 Å². The van der Waals surface area contributed by atoms with E-state index in [4.69, 9.17) is 4.74 Å². The van der Waals surface area contributed by atoms with Crippen molar-refractivity contribution in [1.82, 2.24) is 14.9 Å². The fourth-order valence-corrected chi connectivity index (χ4v) is 2.89. The lowest BCUT2D eigenvalue weighted by molar-refractivity contribution is 0.185. The number of aryl methyl sites for hydroxylation is 1. The van der Waals surface area contributed by atoms with Gasteiger partial charge in [0, 0.05) is 51.4 Å². The average Bonchev–Trinajstić information content (AvgIpc) is 2.64. The molecule has 0 unspecified atom stereocenters. The van der Waals surface area contributed by atoms with E-state index in [1.807, 2.05) is 36.1 Å². The lowest BCUT2D eigenvalue weighted by Crippen LogP contribution is -2.50. The fourth-order valence-electron chi connectivity index (χ4n) is 2.89. The van der Waals surface area contributed by atoms with Crippen molar-refractivity contribution in [3.63, 3.8) is 0 Å². The van der Waals surface area contributed by atoms with E-state index in [1.54, 1.807) is 19.5 Å². The number of carbonyl (C=O) groups is 1. The number of ether oxygens (including phenoxy) is 1. The summed E-state index contributed by atoms with van der Waals surface area (Å²) >= 11 is 0. The van der Waals surface area contributed by atoms with E-state index >= 15 is 0 Å². The zero-order valence-electron chi connectivity index (χ0n) is 14.6. The number of carbonyl (C=O) groups excluding carboxylic acids is 1. The molecule has 132 valence electrons. The van der Waals surface area contributed by atoms with E-state index < -0.39 is 0 Å². The van der Waals surface area contributed by atoms with E-state index in [9.17, 15) is 4.79 Å². The topological polar surface area (TPSA) is 70.6 Å². The Hall–Kier alpha value is -2.67. The zero-order valence-corrected chi connectivity index (χ0v) is 14.6. The van der Waals surface area contributed by atoms with Gasteiger partial charge in [-0.1, -0.05) is 12.1 Å². The largest absolute Gasteiger partial charge is 0.380 e. The van der Waals surface area contributed by atoms with E-state index in [2.05, 4.69) is 20.2 Å². The zero-order chi connectivity index (χ0) is 17.6. The van der Waals surface area contributed by atoms with Crippen molar-refractivity contribution < 1.29 is 9.53 Å². The SMILES string of the molecule is COCc1ccc(NC(=O)N2CCN(c3nccnc3C)CC2)cc1. The van der Waals surface area contributed by atoms with Gasteiger partial charge in [0.25, 0.3) is 0 Å². The van der Waals surface area contributed by atoms with Gasteiger partial charge in [-0.25, -0.2) is 9.78 Å². The van der Waals surface area contributed by atoms with Crippen LogP contribution in [0.3, 0.4) is 0 Å². The molecular formula is C18H23N5O2. The Morgan fingerprint density at radius 3 is 2.44 bits per heavy atom. The highest BCUT2D eigenvalue weighted by molar-refractivity contribution is 5.89. The summed E-state index contributed by atoms with van der Waals surface area (Å²) in [7, 11) is 1.66. The summed E-state index contributed by atoms with van der Waals surface area (Å²) in [6.07, 6.45) is 3.40. The number of nitrogens with one attached hydrogen (secondary N) is 1. The van der Waals surface area contributed by atoms with Crippen molar-refractivity contribution in [2.24, 2.45) is 0 Å². The molecule has 1 aromatic heterocycles. The summed E-state index contributed by atoms with van der Waals surface area (Å²) in [6, 6.07) is 7.62. The molecule has 0 saturated carbocycles. The maximum atomic E-state index is 12.4. The van der Waals surface area contributed by atoms with Gasteiger partial charge in [-0.3, -0.25) is 4.98 Å². The monoisotopic (exact) mass is 341 g/mol. The minimum absolute atomic E-state index is 0.0741. The number of rotatable bonds is 4. The molecule has 1 saturated heterocycles. The molecular weight excluding hydrogens is 318 g/mol. The van der Waals surface area contributed by atoms with E-state index in [1.165, 1.54) is 0 Å². The van der Waals surface area contributed by atoms with Gasteiger partial charge in [0.15, 0.2) is 0 Å². The van der Waals surface area contributed by atoms with Crippen molar-refractivity contribution in [1.29, 1.82) is 0 Å². The van der Waals surface area contributed by atoms with Crippen molar-refractivity contribution in [2.75, 3.05) is 43.5 Å². The fraction of sp³-hybridized carbons (Fsp3) is 0.389. The first-order valence-electron chi connectivity index (χ1n) is 8.34. The van der Waals surface area contributed by atoms with Crippen LogP contribution in [0.5, 0.6) is 0 Å². The highest BCUT2D eigenvalue weighted by atomic mass is 16.5. The lowest BCUT2D eigenvalue weighted by atomic mass is 10.2. The normalized spacial score (nSPS) is 14.5. The third kappa shape index (κ3) is 4.24. The van der Waals surface area contributed by atoms with Gasteiger partial charge >= 0.3 is 6.03 Å². The van der Waals surface area contributed by atoms with E-state index in [0.29, 0.717) is 19.7 Å². The summed E-state index contributed by atoms with van der Waals surface area (Å²) in [5.41, 5.74) is 2.78. The van der Waals surface area contributed by atoms with Gasteiger partial charge < -0.3 is 19.9 Å². The average molecular weight is 341 g/mol. The molecule has 1 aliphatic rings. The third-order valence-corrected chi connectivity index (χ3v) is 4.24. The van der Waals surface area contributed by atoms with Gasteiger partial charge in [-0.15, -0.1) is 0 Å². The summed E-state index contributed by atoms with van der Waals surface area (Å²) < 4.78 is 5.09. The Labute approximate surface area is 147 Å². The summed E-state index contributed by atoms with van der Waals surface area (Å²) in [4.78, 5) is 25.1. The molecule has 2 heterocycles. The van der Waals surface area contributed by atoms with E-state index in [-0.39, 0.29) is 6.03 Å².